The molecule has 1 aromatic heterocycles. The standard InChI is InChI=1S/C16H13F3N2O4S/c1-8(15(23)21-10-5-4-9(17)13(18)14(10)19)25-12(22)7-20-16(24)11-3-2-6-26-11/h2-6,8H,7H2,1H3,(H,20,24)(H,21,23)/t8-/m1/s1. The molecular formula is C16H13F3N2O4S. The monoisotopic (exact) mass is 386 g/mol. The highest BCUT2D eigenvalue weighted by Crippen LogP contribution is 2.19. The molecule has 0 saturated carbocycles. The first-order chi connectivity index (χ1) is 12.3. The number of rotatable bonds is 6. The predicted molar refractivity (Wildman–Crippen MR) is 87.2 cm³/mol. The Kier molecular flexibility index (Phi) is 6.34. The highest BCUT2D eigenvalue weighted by Gasteiger charge is 2.21. The molecule has 0 bridgehead atoms. The highest BCUT2D eigenvalue weighted by atomic mass is 32.1. The minimum Gasteiger partial charge on any atom is -0.451 e. The van der Waals surface area contributed by atoms with Crippen molar-refractivity contribution >= 4 is 34.8 Å². The molecule has 0 saturated heterocycles. The van der Waals surface area contributed by atoms with Gasteiger partial charge in [-0.05, 0) is 30.5 Å². The van der Waals surface area contributed by atoms with Gasteiger partial charge in [-0.3, -0.25) is 14.4 Å². The van der Waals surface area contributed by atoms with Crippen LogP contribution in [0.5, 0.6) is 0 Å². The number of thiophene rings is 1. The van der Waals surface area contributed by atoms with Crippen LogP contribution < -0.4 is 10.6 Å². The number of benzene rings is 1. The maximum Gasteiger partial charge on any atom is 0.326 e. The molecular weight excluding hydrogens is 373 g/mol. The van der Waals surface area contributed by atoms with Gasteiger partial charge in [0.1, 0.15) is 6.54 Å². The van der Waals surface area contributed by atoms with Crippen molar-refractivity contribution in [2.45, 2.75) is 13.0 Å². The lowest BCUT2D eigenvalue weighted by molar-refractivity contribution is -0.152. The zero-order valence-corrected chi connectivity index (χ0v) is 14.2. The molecule has 6 nitrogen and oxygen atoms in total. The van der Waals surface area contributed by atoms with Crippen LogP contribution in [0.15, 0.2) is 29.6 Å². The van der Waals surface area contributed by atoms with E-state index >= 15 is 0 Å². The molecule has 0 radical (unpaired) electrons. The summed E-state index contributed by atoms with van der Waals surface area (Å²) in [5, 5.41) is 5.99. The van der Waals surface area contributed by atoms with Crippen LogP contribution in [0.25, 0.3) is 0 Å². The second-order valence-electron chi connectivity index (χ2n) is 5.00. The fourth-order valence-corrected chi connectivity index (χ4v) is 2.44. The SMILES string of the molecule is C[C@@H](OC(=O)CNC(=O)c1cccs1)C(=O)Nc1ccc(F)c(F)c1F. The zero-order valence-electron chi connectivity index (χ0n) is 13.3. The summed E-state index contributed by atoms with van der Waals surface area (Å²) >= 11 is 1.19. The third-order valence-electron chi connectivity index (χ3n) is 3.11. The number of halogens is 3. The molecule has 2 rings (SSSR count). The van der Waals surface area contributed by atoms with E-state index in [0.29, 0.717) is 10.9 Å². The molecule has 10 heteroatoms. The van der Waals surface area contributed by atoms with Gasteiger partial charge in [-0.15, -0.1) is 11.3 Å². The van der Waals surface area contributed by atoms with E-state index in [9.17, 15) is 27.6 Å². The lowest BCUT2D eigenvalue weighted by atomic mass is 10.2. The Hall–Kier alpha value is -2.88. The number of ether oxygens (including phenoxy) is 1. The summed E-state index contributed by atoms with van der Waals surface area (Å²) < 4.78 is 44.3. The van der Waals surface area contributed by atoms with Crippen LogP contribution in [0.2, 0.25) is 0 Å². The minimum atomic E-state index is -1.73. The normalized spacial score (nSPS) is 11.5. The number of esters is 1. The molecule has 2 N–H and O–H groups in total. The lowest BCUT2D eigenvalue weighted by Crippen LogP contribution is -2.35. The maximum atomic E-state index is 13.5. The number of hydrogen-bond acceptors (Lipinski definition) is 5. The largest absolute Gasteiger partial charge is 0.451 e. The van der Waals surface area contributed by atoms with E-state index < -0.39 is 53.6 Å². The van der Waals surface area contributed by atoms with Gasteiger partial charge < -0.3 is 15.4 Å². The number of amides is 2. The molecule has 26 heavy (non-hydrogen) atoms. The number of carbonyl (C=O) groups is 3. The summed E-state index contributed by atoms with van der Waals surface area (Å²) in [4.78, 5) is 35.6. The number of carbonyl (C=O) groups excluding carboxylic acids is 3. The molecule has 1 atom stereocenters. The van der Waals surface area contributed by atoms with Crippen LogP contribution in [0.3, 0.4) is 0 Å². The van der Waals surface area contributed by atoms with Gasteiger partial charge in [-0.2, -0.15) is 0 Å². The van der Waals surface area contributed by atoms with Gasteiger partial charge in [-0.25, -0.2) is 13.2 Å². The Bertz CT molecular complexity index is 827. The molecule has 0 aliphatic rings. The fraction of sp³-hybridized carbons (Fsp3) is 0.188. The molecule has 0 spiro atoms. The van der Waals surface area contributed by atoms with E-state index in [0.717, 1.165) is 6.07 Å². The van der Waals surface area contributed by atoms with Crippen molar-refractivity contribution in [3.8, 4) is 0 Å². The van der Waals surface area contributed by atoms with Gasteiger partial charge in [0.15, 0.2) is 23.6 Å². The molecule has 0 aliphatic carbocycles. The van der Waals surface area contributed by atoms with E-state index in [-0.39, 0.29) is 0 Å². The van der Waals surface area contributed by atoms with Crippen molar-refractivity contribution in [3.05, 3.63) is 52.0 Å². The molecule has 0 unspecified atom stereocenters. The molecule has 138 valence electrons. The average molecular weight is 386 g/mol. The quantitative estimate of drug-likeness (QED) is 0.590. The first kappa shape index (κ1) is 19.4. The van der Waals surface area contributed by atoms with E-state index in [4.69, 9.17) is 4.74 Å². The number of anilines is 1. The molecule has 0 fully saturated rings. The summed E-state index contributed by atoms with van der Waals surface area (Å²) in [6.45, 7) is 0.722. The van der Waals surface area contributed by atoms with Crippen molar-refractivity contribution in [1.29, 1.82) is 0 Å². The van der Waals surface area contributed by atoms with Gasteiger partial charge in [0.05, 0.1) is 10.6 Å². The number of nitrogens with one attached hydrogen (secondary N) is 2. The Morgan fingerprint density at radius 1 is 1.15 bits per heavy atom. The highest BCUT2D eigenvalue weighted by molar-refractivity contribution is 7.12. The predicted octanol–water partition coefficient (Wildman–Crippen LogP) is 2.47. The fourth-order valence-electron chi connectivity index (χ4n) is 1.80. The molecule has 1 aromatic carbocycles. The first-order valence-corrected chi connectivity index (χ1v) is 8.13. The smallest absolute Gasteiger partial charge is 0.326 e. The van der Waals surface area contributed by atoms with Crippen molar-refractivity contribution in [2.75, 3.05) is 11.9 Å². The van der Waals surface area contributed by atoms with Gasteiger partial charge in [0.2, 0.25) is 0 Å². The minimum absolute atomic E-state index is 0.400. The number of hydrogen-bond donors (Lipinski definition) is 2. The topological polar surface area (TPSA) is 84.5 Å². The van der Waals surface area contributed by atoms with Gasteiger partial charge in [0, 0.05) is 0 Å². The van der Waals surface area contributed by atoms with Gasteiger partial charge in [0.25, 0.3) is 11.8 Å². The van der Waals surface area contributed by atoms with Crippen molar-refractivity contribution < 1.29 is 32.3 Å². The van der Waals surface area contributed by atoms with Crippen LogP contribution in [-0.4, -0.2) is 30.4 Å². The molecule has 1 heterocycles. The van der Waals surface area contributed by atoms with Crippen molar-refractivity contribution in [1.82, 2.24) is 5.32 Å². The van der Waals surface area contributed by atoms with Gasteiger partial charge in [-0.1, -0.05) is 6.07 Å². The third kappa shape index (κ3) is 4.82. The lowest BCUT2D eigenvalue weighted by Gasteiger charge is -2.14. The second-order valence-corrected chi connectivity index (χ2v) is 5.95. The van der Waals surface area contributed by atoms with Crippen LogP contribution >= 0.6 is 11.3 Å². The summed E-state index contributed by atoms with van der Waals surface area (Å²) in [5.74, 6) is -7.03. The van der Waals surface area contributed by atoms with E-state index in [1.165, 1.54) is 18.3 Å². The Balaban J connectivity index is 1.85. The van der Waals surface area contributed by atoms with E-state index in [1.54, 1.807) is 17.5 Å². The Morgan fingerprint density at radius 3 is 2.54 bits per heavy atom. The average Bonchev–Trinajstić information content (AvgIpc) is 3.14. The van der Waals surface area contributed by atoms with Crippen LogP contribution in [0, 0.1) is 17.5 Å². The summed E-state index contributed by atoms with van der Waals surface area (Å²) in [6.07, 6.45) is -1.35. The zero-order chi connectivity index (χ0) is 19.3. The van der Waals surface area contributed by atoms with Crippen LogP contribution in [-0.2, 0) is 14.3 Å². The molecule has 2 aromatic rings. The van der Waals surface area contributed by atoms with E-state index in [2.05, 4.69) is 5.32 Å². The van der Waals surface area contributed by atoms with Crippen molar-refractivity contribution in [2.24, 2.45) is 0 Å². The summed E-state index contributed by atoms with van der Waals surface area (Å²) in [6, 6.07) is 4.71. The van der Waals surface area contributed by atoms with Crippen LogP contribution in [0.1, 0.15) is 16.6 Å². The van der Waals surface area contributed by atoms with Crippen LogP contribution in [0.4, 0.5) is 18.9 Å². The van der Waals surface area contributed by atoms with E-state index in [1.807, 2.05) is 5.32 Å². The first-order valence-electron chi connectivity index (χ1n) is 7.25. The van der Waals surface area contributed by atoms with Gasteiger partial charge >= 0.3 is 5.97 Å². The third-order valence-corrected chi connectivity index (χ3v) is 3.98. The summed E-state index contributed by atoms with van der Waals surface area (Å²) in [5.41, 5.74) is -0.595. The van der Waals surface area contributed by atoms with Crippen molar-refractivity contribution in [3.63, 3.8) is 0 Å². The summed E-state index contributed by atoms with van der Waals surface area (Å²) in [7, 11) is 0. The Morgan fingerprint density at radius 2 is 1.88 bits per heavy atom. The molecule has 0 aliphatic heterocycles. The Labute approximate surface area is 150 Å². The molecule has 2 amide bonds. The second kappa shape index (κ2) is 8.48. The maximum absolute atomic E-state index is 13.5.